The zero-order valence-electron chi connectivity index (χ0n) is 14.5. The molecule has 0 saturated carbocycles. The summed E-state index contributed by atoms with van der Waals surface area (Å²) in [6, 6.07) is 6.05. The summed E-state index contributed by atoms with van der Waals surface area (Å²) in [5, 5.41) is 10.8. The van der Waals surface area contributed by atoms with Gasteiger partial charge in [0.2, 0.25) is 6.79 Å². The monoisotopic (exact) mass is 457 g/mol. The lowest BCUT2D eigenvalue weighted by Gasteiger charge is -2.11. The molecule has 0 radical (unpaired) electrons. The Morgan fingerprint density at radius 3 is 2.84 bits per heavy atom. The van der Waals surface area contributed by atoms with Crippen molar-refractivity contribution in [2.24, 2.45) is 12.0 Å². The van der Waals surface area contributed by atoms with Crippen LogP contribution >= 0.6 is 24.0 Å². The van der Waals surface area contributed by atoms with Crippen molar-refractivity contribution in [1.82, 2.24) is 20.4 Å². The van der Waals surface area contributed by atoms with Crippen LogP contribution in [-0.4, -0.2) is 35.6 Å². The fraction of sp³-hybridized carbons (Fsp3) is 0.412. The molecule has 136 valence electrons. The first-order valence-corrected chi connectivity index (χ1v) is 8.13. The fourth-order valence-corrected chi connectivity index (χ4v) is 2.49. The van der Waals surface area contributed by atoms with Gasteiger partial charge in [-0.15, -0.1) is 24.0 Å². The van der Waals surface area contributed by atoms with Crippen molar-refractivity contribution in [3.8, 4) is 11.5 Å². The molecular formula is C17H24IN5O2. The van der Waals surface area contributed by atoms with Gasteiger partial charge in [0.15, 0.2) is 17.5 Å². The molecule has 0 bridgehead atoms. The minimum atomic E-state index is 0. The van der Waals surface area contributed by atoms with Crippen LogP contribution in [0.25, 0.3) is 0 Å². The van der Waals surface area contributed by atoms with Crippen molar-refractivity contribution >= 4 is 29.9 Å². The van der Waals surface area contributed by atoms with Gasteiger partial charge in [-0.25, -0.2) is 4.99 Å². The van der Waals surface area contributed by atoms with Crippen LogP contribution in [0.1, 0.15) is 18.1 Å². The van der Waals surface area contributed by atoms with Crippen LogP contribution in [0.15, 0.2) is 35.6 Å². The SMILES string of the molecule is CCNC(=NCc1cnn(C)c1)NCCc1ccc2c(c1)OCO2.I. The summed E-state index contributed by atoms with van der Waals surface area (Å²) >= 11 is 0. The first kappa shape index (κ1) is 19.4. The number of aliphatic imine (C=N–C) groups is 1. The zero-order valence-corrected chi connectivity index (χ0v) is 16.8. The topological polar surface area (TPSA) is 72.7 Å². The third-order valence-corrected chi connectivity index (χ3v) is 3.67. The zero-order chi connectivity index (χ0) is 16.8. The molecule has 0 atom stereocenters. The number of nitrogens with one attached hydrogen (secondary N) is 2. The molecule has 3 rings (SSSR count). The molecule has 0 spiro atoms. The van der Waals surface area contributed by atoms with Crippen LogP contribution in [0.2, 0.25) is 0 Å². The van der Waals surface area contributed by atoms with Crippen molar-refractivity contribution in [3.63, 3.8) is 0 Å². The second kappa shape index (κ2) is 9.50. The molecule has 1 aromatic heterocycles. The Balaban J connectivity index is 0.00000225. The fourth-order valence-electron chi connectivity index (χ4n) is 2.49. The van der Waals surface area contributed by atoms with E-state index < -0.39 is 0 Å². The molecule has 25 heavy (non-hydrogen) atoms. The average molecular weight is 457 g/mol. The molecular weight excluding hydrogens is 433 g/mol. The highest BCUT2D eigenvalue weighted by atomic mass is 127. The van der Waals surface area contributed by atoms with E-state index in [1.54, 1.807) is 4.68 Å². The lowest BCUT2D eigenvalue weighted by Crippen LogP contribution is -2.38. The highest BCUT2D eigenvalue weighted by molar-refractivity contribution is 14.0. The molecule has 0 amide bonds. The summed E-state index contributed by atoms with van der Waals surface area (Å²) in [5.74, 6) is 2.45. The van der Waals surface area contributed by atoms with Crippen LogP contribution in [0, 0.1) is 0 Å². The Morgan fingerprint density at radius 1 is 1.24 bits per heavy atom. The van der Waals surface area contributed by atoms with Gasteiger partial charge in [-0.2, -0.15) is 5.10 Å². The quantitative estimate of drug-likeness (QED) is 0.395. The molecule has 1 aliphatic heterocycles. The number of hydrogen-bond acceptors (Lipinski definition) is 4. The molecule has 1 aliphatic rings. The number of nitrogens with zero attached hydrogens (tertiary/aromatic N) is 3. The summed E-state index contributed by atoms with van der Waals surface area (Å²) in [6.45, 7) is 4.58. The molecule has 2 heterocycles. The van der Waals surface area contributed by atoms with Gasteiger partial charge in [-0.1, -0.05) is 6.07 Å². The number of benzene rings is 1. The van der Waals surface area contributed by atoms with Crippen molar-refractivity contribution < 1.29 is 9.47 Å². The minimum Gasteiger partial charge on any atom is -0.454 e. The van der Waals surface area contributed by atoms with E-state index in [-0.39, 0.29) is 24.0 Å². The Bertz CT molecular complexity index is 717. The molecule has 1 aromatic carbocycles. The Hall–Kier alpha value is -1.97. The van der Waals surface area contributed by atoms with E-state index >= 15 is 0 Å². The Morgan fingerprint density at radius 2 is 2.08 bits per heavy atom. The first-order valence-electron chi connectivity index (χ1n) is 8.13. The Labute approximate surface area is 164 Å². The van der Waals surface area contributed by atoms with Crippen molar-refractivity contribution in [2.45, 2.75) is 19.9 Å². The normalized spacial score (nSPS) is 12.6. The number of halogens is 1. The van der Waals surface area contributed by atoms with Gasteiger partial charge in [0.05, 0.1) is 12.7 Å². The van der Waals surface area contributed by atoms with E-state index in [2.05, 4.69) is 33.7 Å². The summed E-state index contributed by atoms with van der Waals surface area (Å²) in [4.78, 5) is 4.58. The summed E-state index contributed by atoms with van der Waals surface area (Å²) < 4.78 is 12.5. The smallest absolute Gasteiger partial charge is 0.231 e. The van der Waals surface area contributed by atoms with Crippen LogP contribution in [0.5, 0.6) is 11.5 Å². The van der Waals surface area contributed by atoms with Crippen LogP contribution < -0.4 is 20.1 Å². The third kappa shape index (κ3) is 5.52. The van der Waals surface area contributed by atoms with Gasteiger partial charge < -0.3 is 20.1 Å². The van der Waals surface area contributed by atoms with Crippen LogP contribution in [-0.2, 0) is 20.0 Å². The number of hydrogen-bond donors (Lipinski definition) is 2. The molecule has 2 aromatic rings. The minimum absolute atomic E-state index is 0. The van der Waals surface area contributed by atoms with E-state index in [9.17, 15) is 0 Å². The van der Waals surface area contributed by atoms with Crippen LogP contribution in [0.3, 0.4) is 0 Å². The number of aryl methyl sites for hydroxylation is 1. The standard InChI is InChI=1S/C17H23N5O2.HI/c1-3-18-17(20-9-14-10-21-22(2)11-14)19-7-6-13-4-5-15-16(8-13)24-12-23-15;/h4-5,8,10-11H,3,6-7,9,12H2,1-2H3,(H2,18,19,20);1H. The predicted octanol–water partition coefficient (Wildman–Crippen LogP) is 2.06. The number of aromatic nitrogens is 2. The molecule has 0 unspecified atom stereocenters. The number of ether oxygens (including phenoxy) is 2. The molecule has 0 aliphatic carbocycles. The number of guanidine groups is 1. The summed E-state index contributed by atoms with van der Waals surface area (Å²) in [5.41, 5.74) is 2.29. The van der Waals surface area contributed by atoms with Gasteiger partial charge in [0.25, 0.3) is 0 Å². The maximum Gasteiger partial charge on any atom is 0.231 e. The maximum absolute atomic E-state index is 5.41. The van der Waals surface area contributed by atoms with Gasteiger partial charge in [0, 0.05) is 31.9 Å². The van der Waals surface area contributed by atoms with E-state index in [0.717, 1.165) is 42.5 Å². The highest BCUT2D eigenvalue weighted by Gasteiger charge is 2.12. The molecule has 7 nitrogen and oxygen atoms in total. The van der Waals surface area contributed by atoms with Crippen molar-refractivity contribution in [3.05, 3.63) is 41.7 Å². The largest absolute Gasteiger partial charge is 0.454 e. The average Bonchev–Trinajstić information content (AvgIpc) is 3.20. The Kier molecular flexibility index (Phi) is 7.35. The predicted molar refractivity (Wildman–Crippen MR) is 108 cm³/mol. The lowest BCUT2D eigenvalue weighted by atomic mass is 10.1. The van der Waals surface area contributed by atoms with E-state index in [1.165, 1.54) is 5.56 Å². The lowest BCUT2D eigenvalue weighted by molar-refractivity contribution is 0.174. The van der Waals surface area contributed by atoms with Gasteiger partial charge in [-0.05, 0) is 31.0 Å². The second-order valence-electron chi connectivity index (χ2n) is 5.58. The summed E-state index contributed by atoms with van der Waals surface area (Å²) in [7, 11) is 1.90. The van der Waals surface area contributed by atoms with Gasteiger partial charge in [0.1, 0.15) is 0 Å². The number of rotatable bonds is 6. The van der Waals surface area contributed by atoms with Crippen LogP contribution in [0.4, 0.5) is 0 Å². The van der Waals surface area contributed by atoms with Crippen molar-refractivity contribution in [1.29, 1.82) is 0 Å². The molecule has 0 saturated heterocycles. The second-order valence-corrected chi connectivity index (χ2v) is 5.58. The maximum atomic E-state index is 5.41. The van der Waals surface area contributed by atoms with E-state index in [0.29, 0.717) is 13.3 Å². The van der Waals surface area contributed by atoms with E-state index in [4.69, 9.17) is 9.47 Å². The van der Waals surface area contributed by atoms with Gasteiger partial charge >= 0.3 is 0 Å². The summed E-state index contributed by atoms with van der Waals surface area (Å²) in [6.07, 6.45) is 4.69. The van der Waals surface area contributed by atoms with E-state index in [1.807, 2.05) is 31.6 Å². The molecule has 0 fully saturated rings. The third-order valence-electron chi connectivity index (χ3n) is 3.67. The first-order chi connectivity index (χ1) is 11.7. The van der Waals surface area contributed by atoms with Crippen molar-refractivity contribution in [2.75, 3.05) is 19.9 Å². The molecule has 8 heteroatoms. The number of fused-ring (bicyclic) bond motifs is 1. The van der Waals surface area contributed by atoms with Gasteiger partial charge in [-0.3, -0.25) is 4.68 Å². The highest BCUT2D eigenvalue weighted by Crippen LogP contribution is 2.32. The molecule has 2 N–H and O–H groups in total.